The lowest BCUT2D eigenvalue weighted by Gasteiger charge is -2.15. The predicted octanol–water partition coefficient (Wildman–Crippen LogP) is 5.88. The van der Waals surface area contributed by atoms with E-state index in [0.717, 1.165) is 16.7 Å². The molecule has 42 heavy (non-hydrogen) atoms. The van der Waals surface area contributed by atoms with Gasteiger partial charge in [0.25, 0.3) is 0 Å². The summed E-state index contributed by atoms with van der Waals surface area (Å²) in [6, 6.07) is 22.8. The Bertz CT molecular complexity index is 1740. The number of ether oxygens (including phenoxy) is 1. The molecule has 2 amide bonds. The number of carbonyl (C=O) groups is 4. The first-order valence-electron chi connectivity index (χ1n) is 12.5. The summed E-state index contributed by atoms with van der Waals surface area (Å²) >= 11 is 6.83. The fourth-order valence-electron chi connectivity index (χ4n) is 4.18. The minimum atomic E-state index is -0.830. The molecule has 3 aromatic carbocycles. The quantitative estimate of drug-likeness (QED) is 0.140. The zero-order valence-electron chi connectivity index (χ0n) is 21.6. The SMILES string of the molecule is N#Cc1ccc(-c2ccc(F)cc2)nc1SC1CC(=O)N(c2ccc(C(=O)OCC(=O)c3ccc(Cl)cc3)cc2)C1=O. The lowest BCUT2D eigenvalue weighted by atomic mass is 10.1. The highest BCUT2D eigenvalue weighted by Gasteiger charge is 2.40. The molecule has 0 saturated carbocycles. The van der Waals surface area contributed by atoms with Gasteiger partial charge in [0.1, 0.15) is 16.9 Å². The van der Waals surface area contributed by atoms with Gasteiger partial charge in [0.2, 0.25) is 11.8 Å². The maximum atomic E-state index is 13.3. The Morgan fingerprint density at radius 3 is 2.31 bits per heavy atom. The van der Waals surface area contributed by atoms with Crippen molar-refractivity contribution in [2.75, 3.05) is 11.5 Å². The highest BCUT2D eigenvalue weighted by atomic mass is 35.5. The van der Waals surface area contributed by atoms with Gasteiger partial charge in [-0.25, -0.2) is 19.1 Å². The van der Waals surface area contributed by atoms with Crippen LogP contribution in [0.2, 0.25) is 5.02 Å². The molecule has 1 unspecified atom stereocenters. The number of nitrogens with zero attached hydrogens (tertiary/aromatic N) is 3. The van der Waals surface area contributed by atoms with Crippen LogP contribution in [0.4, 0.5) is 10.1 Å². The number of anilines is 1. The number of hydrogen-bond donors (Lipinski definition) is 0. The van der Waals surface area contributed by atoms with E-state index in [-0.39, 0.29) is 28.3 Å². The summed E-state index contributed by atoms with van der Waals surface area (Å²) < 4.78 is 18.5. The zero-order valence-corrected chi connectivity index (χ0v) is 23.2. The van der Waals surface area contributed by atoms with Crippen molar-refractivity contribution in [2.45, 2.75) is 16.7 Å². The smallest absolute Gasteiger partial charge is 0.338 e. The van der Waals surface area contributed by atoms with Crippen molar-refractivity contribution in [3.8, 4) is 17.3 Å². The van der Waals surface area contributed by atoms with Gasteiger partial charge in [0.15, 0.2) is 12.4 Å². The average Bonchev–Trinajstić information content (AvgIpc) is 3.28. The van der Waals surface area contributed by atoms with Crippen LogP contribution in [0.1, 0.15) is 32.7 Å². The molecule has 0 radical (unpaired) electrons. The van der Waals surface area contributed by atoms with Crippen molar-refractivity contribution >= 4 is 52.6 Å². The molecule has 11 heteroatoms. The summed E-state index contributed by atoms with van der Waals surface area (Å²) in [5.74, 6) is -2.48. The highest BCUT2D eigenvalue weighted by Crippen LogP contribution is 2.35. The van der Waals surface area contributed by atoms with Crippen molar-refractivity contribution in [3.05, 3.63) is 112 Å². The summed E-state index contributed by atoms with van der Waals surface area (Å²) in [5.41, 5.74) is 2.10. The molecule has 1 aliphatic rings. The number of ketones is 1. The molecule has 1 saturated heterocycles. The molecule has 208 valence electrons. The fraction of sp³-hybridized carbons (Fsp3) is 0.0968. The Balaban J connectivity index is 1.26. The predicted molar refractivity (Wildman–Crippen MR) is 154 cm³/mol. The third-order valence-corrected chi connectivity index (χ3v) is 7.78. The van der Waals surface area contributed by atoms with Crippen molar-refractivity contribution < 1.29 is 28.3 Å². The largest absolute Gasteiger partial charge is 0.454 e. The molecule has 4 aromatic rings. The number of nitriles is 1. The van der Waals surface area contributed by atoms with Crippen molar-refractivity contribution in [3.63, 3.8) is 0 Å². The second kappa shape index (κ2) is 12.3. The van der Waals surface area contributed by atoms with Gasteiger partial charge in [-0.3, -0.25) is 14.4 Å². The van der Waals surface area contributed by atoms with Crippen LogP contribution in [0, 0.1) is 17.1 Å². The number of halogens is 2. The third kappa shape index (κ3) is 6.22. The van der Waals surface area contributed by atoms with Crippen molar-refractivity contribution in [1.29, 1.82) is 5.26 Å². The molecule has 1 aliphatic heterocycles. The van der Waals surface area contributed by atoms with Gasteiger partial charge in [0, 0.05) is 22.6 Å². The van der Waals surface area contributed by atoms with E-state index in [1.54, 1.807) is 36.4 Å². The summed E-state index contributed by atoms with van der Waals surface area (Å²) in [6.45, 7) is -0.467. The molecule has 0 spiro atoms. The first-order chi connectivity index (χ1) is 20.2. The van der Waals surface area contributed by atoms with Crippen molar-refractivity contribution in [1.82, 2.24) is 4.98 Å². The Morgan fingerprint density at radius 2 is 1.64 bits per heavy atom. The normalized spacial score (nSPS) is 14.5. The molecular formula is C31H19ClFN3O5S. The monoisotopic (exact) mass is 599 g/mol. The number of hydrogen-bond acceptors (Lipinski definition) is 8. The van der Waals surface area contributed by atoms with E-state index in [9.17, 15) is 28.8 Å². The van der Waals surface area contributed by atoms with Crippen LogP contribution >= 0.6 is 23.4 Å². The number of aromatic nitrogens is 1. The molecule has 1 fully saturated rings. The van der Waals surface area contributed by atoms with Crippen LogP contribution < -0.4 is 4.90 Å². The Labute approximate surface area is 248 Å². The van der Waals surface area contributed by atoms with E-state index in [2.05, 4.69) is 4.98 Å². The van der Waals surface area contributed by atoms with Gasteiger partial charge in [-0.15, -0.1) is 0 Å². The van der Waals surface area contributed by atoms with Crippen LogP contribution in [0.25, 0.3) is 11.3 Å². The van der Waals surface area contributed by atoms with Crippen LogP contribution in [0.15, 0.2) is 90.0 Å². The molecule has 0 aliphatic carbocycles. The molecule has 0 N–H and O–H groups in total. The number of esters is 1. The Kier molecular flexibility index (Phi) is 8.43. The van der Waals surface area contributed by atoms with E-state index >= 15 is 0 Å². The lowest BCUT2D eigenvalue weighted by molar-refractivity contribution is -0.121. The topological polar surface area (TPSA) is 117 Å². The fourth-order valence-corrected chi connectivity index (χ4v) is 5.40. The van der Waals surface area contributed by atoms with Gasteiger partial charge in [-0.1, -0.05) is 23.4 Å². The second-order valence-electron chi connectivity index (χ2n) is 9.10. The molecular weight excluding hydrogens is 581 g/mol. The number of thioether (sulfide) groups is 1. The van der Waals surface area contributed by atoms with Crippen LogP contribution in [-0.2, 0) is 14.3 Å². The zero-order chi connectivity index (χ0) is 29.8. The molecule has 2 heterocycles. The van der Waals surface area contributed by atoms with Crippen LogP contribution in [0.5, 0.6) is 0 Å². The first-order valence-corrected chi connectivity index (χ1v) is 13.8. The number of Topliss-reactive ketones (excluding diaryl/α,β-unsaturated/α-hetero) is 1. The van der Waals surface area contributed by atoms with E-state index in [1.165, 1.54) is 48.5 Å². The molecule has 5 rings (SSSR count). The summed E-state index contributed by atoms with van der Waals surface area (Å²) in [5, 5.41) is 9.49. The highest BCUT2D eigenvalue weighted by molar-refractivity contribution is 8.00. The second-order valence-corrected chi connectivity index (χ2v) is 10.7. The van der Waals surface area contributed by atoms with Crippen molar-refractivity contribution in [2.24, 2.45) is 0 Å². The third-order valence-electron chi connectivity index (χ3n) is 6.34. The van der Waals surface area contributed by atoms with E-state index < -0.39 is 41.2 Å². The van der Waals surface area contributed by atoms with Gasteiger partial charge in [-0.2, -0.15) is 5.26 Å². The summed E-state index contributed by atoms with van der Waals surface area (Å²) in [4.78, 5) is 56.3. The molecule has 1 atom stereocenters. The number of benzene rings is 3. The first kappa shape index (κ1) is 28.7. The van der Waals surface area contributed by atoms with Gasteiger partial charge < -0.3 is 4.74 Å². The van der Waals surface area contributed by atoms with E-state index in [1.807, 2.05) is 6.07 Å². The molecule has 1 aromatic heterocycles. The van der Waals surface area contributed by atoms with E-state index in [0.29, 0.717) is 21.8 Å². The minimum Gasteiger partial charge on any atom is -0.454 e. The standard InChI is InChI=1S/C31H19ClFN3O5S/c32-22-8-1-19(2-9-22)26(37)17-41-31(40)20-5-12-24(13-6-20)36-28(38)15-27(30(36)39)42-29-21(16-34)7-14-25(35-29)18-3-10-23(33)11-4-18/h1-14,27H,15,17H2. The van der Waals surface area contributed by atoms with Gasteiger partial charge in [-0.05, 0) is 84.9 Å². The maximum Gasteiger partial charge on any atom is 0.338 e. The molecule has 8 nitrogen and oxygen atoms in total. The Morgan fingerprint density at radius 1 is 0.976 bits per heavy atom. The lowest BCUT2D eigenvalue weighted by Crippen LogP contribution is -2.31. The average molecular weight is 600 g/mol. The molecule has 0 bridgehead atoms. The van der Waals surface area contributed by atoms with Crippen LogP contribution in [-0.4, -0.2) is 40.4 Å². The number of carbonyl (C=O) groups excluding carboxylic acids is 4. The number of rotatable bonds is 8. The van der Waals surface area contributed by atoms with Gasteiger partial charge >= 0.3 is 5.97 Å². The number of pyridine rings is 1. The van der Waals surface area contributed by atoms with Crippen LogP contribution in [0.3, 0.4) is 0 Å². The summed E-state index contributed by atoms with van der Waals surface area (Å²) in [7, 11) is 0. The summed E-state index contributed by atoms with van der Waals surface area (Å²) in [6.07, 6.45) is -0.118. The Hall–Kier alpha value is -4.85. The maximum absolute atomic E-state index is 13.3. The number of amides is 2. The van der Waals surface area contributed by atoms with Gasteiger partial charge in [0.05, 0.1) is 27.8 Å². The van der Waals surface area contributed by atoms with E-state index in [4.69, 9.17) is 16.3 Å². The minimum absolute atomic E-state index is 0.118. The number of imide groups is 1.